The van der Waals surface area contributed by atoms with Crippen LogP contribution in [0.15, 0.2) is 29.5 Å². The van der Waals surface area contributed by atoms with Crippen molar-refractivity contribution >= 4 is 46.4 Å². The summed E-state index contributed by atoms with van der Waals surface area (Å²) in [6.45, 7) is 1.52. The Morgan fingerprint density at radius 3 is 2.69 bits per heavy atom. The van der Waals surface area contributed by atoms with Gasteiger partial charge in [0.05, 0.1) is 28.5 Å². The van der Waals surface area contributed by atoms with Crippen LogP contribution in [-0.2, 0) is 4.84 Å². The number of amides is 1. The van der Waals surface area contributed by atoms with Crippen LogP contribution < -0.4 is 16.0 Å². The Balaban J connectivity index is 2.50. The Morgan fingerprint density at radius 2 is 2.08 bits per heavy atom. The minimum Gasteiger partial charge on any atom is -0.492 e. The molecule has 2 aromatic rings. The summed E-state index contributed by atoms with van der Waals surface area (Å²) in [6, 6.07) is 4.15. The third kappa shape index (κ3) is 4.12. The molecule has 138 valence electrons. The molecule has 0 aliphatic carbocycles. The number of rotatable bonds is 5. The topological polar surface area (TPSA) is 86.5 Å². The molecule has 0 unspecified atom stereocenters. The summed E-state index contributed by atoms with van der Waals surface area (Å²) < 4.78 is 19.6. The number of ether oxygens (including phenoxy) is 1. The normalized spacial score (nSPS) is 11.2. The Morgan fingerprint density at radius 1 is 1.38 bits per heavy atom. The molecule has 0 saturated heterocycles. The lowest BCUT2D eigenvalue weighted by Gasteiger charge is -2.13. The second-order valence-electron chi connectivity index (χ2n) is 4.95. The lowest BCUT2D eigenvalue weighted by Crippen LogP contribution is -2.24. The maximum absolute atomic E-state index is 14.6. The smallest absolute Gasteiger partial charge is 0.304 e. The number of methoxy groups -OCH3 is 1. The van der Waals surface area contributed by atoms with Crippen LogP contribution in [0.2, 0.25) is 10.0 Å². The van der Waals surface area contributed by atoms with Crippen LogP contribution in [0.3, 0.4) is 0 Å². The van der Waals surface area contributed by atoms with Crippen LogP contribution in [-0.4, -0.2) is 18.0 Å². The first kappa shape index (κ1) is 20.1. The number of hydrogen-bond donors (Lipinski definition) is 2. The van der Waals surface area contributed by atoms with Crippen LogP contribution in [0.1, 0.15) is 17.4 Å². The zero-order chi connectivity index (χ0) is 19.4. The van der Waals surface area contributed by atoms with Crippen molar-refractivity contribution in [1.29, 1.82) is 0 Å². The Labute approximate surface area is 163 Å². The molecule has 0 spiro atoms. The number of nitrogens with zero attached hydrogens (tertiary/aromatic N) is 1. The zero-order valence-corrected chi connectivity index (χ0v) is 15.8. The molecule has 0 atom stereocenters. The summed E-state index contributed by atoms with van der Waals surface area (Å²) >= 11 is 17.4. The van der Waals surface area contributed by atoms with Crippen molar-refractivity contribution in [2.24, 2.45) is 0 Å². The molecule has 3 N–H and O–H groups in total. The van der Waals surface area contributed by atoms with Gasteiger partial charge in [-0.1, -0.05) is 34.8 Å². The second kappa shape index (κ2) is 8.44. The van der Waals surface area contributed by atoms with E-state index in [0.717, 1.165) is 5.54 Å². The number of carbonyl (C=O) groups is 1. The van der Waals surface area contributed by atoms with Gasteiger partial charge in [0.25, 0.3) is 0 Å². The first-order valence-corrected chi connectivity index (χ1v) is 8.21. The Kier molecular flexibility index (Phi) is 6.52. The number of pyridine rings is 1. The van der Waals surface area contributed by atoms with E-state index in [1.807, 2.05) is 0 Å². The average Bonchev–Trinajstić information content (AvgIpc) is 2.62. The molecule has 0 bridgehead atoms. The fourth-order valence-corrected chi connectivity index (χ4v) is 2.40. The van der Waals surface area contributed by atoms with Gasteiger partial charge >= 0.3 is 5.91 Å². The van der Waals surface area contributed by atoms with Crippen molar-refractivity contribution in [3.63, 3.8) is 0 Å². The van der Waals surface area contributed by atoms with E-state index in [-0.39, 0.29) is 44.2 Å². The number of hydrogen-bond acceptors (Lipinski definition) is 5. The molecule has 0 aliphatic heterocycles. The molecule has 1 aromatic carbocycles. The number of carbonyl (C=O) groups excluding carboxylic acids is 1. The van der Waals surface area contributed by atoms with E-state index < -0.39 is 11.7 Å². The highest BCUT2D eigenvalue weighted by Gasteiger charge is 2.21. The predicted molar refractivity (Wildman–Crippen MR) is 98.8 cm³/mol. The van der Waals surface area contributed by atoms with Crippen LogP contribution in [0.25, 0.3) is 11.3 Å². The Bertz CT molecular complexity index is 891. The van der Waals surface area contributed by atoms with Gasteiger partial charge in [0.2, 0.25) is 0 Å². The van der Waals surface area contributed by atoms with Gasteiger partial charge in [-0.25, -0.2) is 9.37 Å². The highest BCUT2D eigenvalue weighted by atomic mass is 35.5. The van der Waals surface area contributed by atoms with Gasteiger partial charge in [-0.2, -0.15) is 5.48 Å². The minimum atomic E-state index is -0.789. The number of benzene rings is 1. The summed E-state index contributed by atoms with van der Waals surface area (Å²) in [5, 5.41) is -0.0194. The minimum absolute atomic E-state index is 0.0275. The molecule has 2 rings (SSSR count). The summed E-state index contributed by atoms with van der Waals surface area (Å²) in [6.07, 6.45) is 0. The standard InChI is InChI=1S/C16H13Cl3FN3O3/c1-7(6-17)26-23-16(24)14-12(19)10(21)5-11(22-14)8-3-4-9(18)15(25-2)13(8)20/h3-6H,1-2H3,(H2,21,22)(H,23,24). The largest absolute Gasteiger partial charge is 0.492 e. The summed E-state index contributed by atoms with van der Waals surface area (Å²) in [4.78, 5) is 21.2. The number of nitrogen functional groups attached to an aromatic ring is 1. The molecule has 1 amide bonds. The van der Waals surface area contributed by atoms with Crippen molar-refractivity contribution < 1.29 is 18.8 Å². The molecular weight excluding hydrogens is 408 g/mol. The monoisotopic (exact) mass is 419 g/mol. The average molecular weight is 421 g/mol. The zero-order valence-electron chi connectivity index (χ0n) is 13.6. The van der Waals surface area contributed by atoms with Crippen LogP contribution in [0, 0.1) is 5.82 Å². The molecule has 6 nitrogen and oxygen atoms in total. The fourth-order valence-electron chi connectivity index (χ4n) is 1.95. The molecule has 1 heterocycles. The number of hydroxylamine groups is 1. The molecular formula is C16H13Cl3FN3O3. The van der Waals surface area contributed by atoms with Crippen LogP contribution >= 0.6 is 34.8 Å². The predicted octanol–water partition coefficient (Wildman–Crippen LogP) is 4.55. The van der Waals surface area contributed by atoms with E-state index in [1.54, 1.807) is 0 Å². The van der Waals surface area contributed by atoms with Gasteiger partial charge < -0.3 is 15.3 Å². The SMILES string of the molecule is COc1c(Cl)ccc(-c2cc(N)c(Cl)c(C(=O)NOC(C)=CCl)n2)c1F. The van der Waals surface area contributed by atoms with E-state index in [1.165, 1.54) is 32.2 Å². The summed E-state index contributed by atoms with van der Waals surface area (Å²) in [7, 11) is 1.28. The van der Waals surface area contributed by atoms with Crippen molar-refractivity contribution in [3.8, 4) is 17.0 Å². The third-order valence-electron chi connectivity index (χ3n) is 3.19. The third-order valence-corrected chi connectivity index (χ3v) is 4.19. The number of nitrogens with two attached hydrogens (primary N) is 1. The van der Waals surface area contributed by atoms with E-state index in [2.05, 4.69) is 10.5 Å². The molecule has 10 heteroatoms. The summed E-state index contributed by atoms with van der Waals surface area (Å²) in [5.74, 6) is -1.47. The van der Waals surface area contributed by atoms with E-state index in [4.69, 9.17) is 50.1 Å². The van der Waals surface area contributed by atoms with Gasteiger partial charge in [-0.05, 0) is 25.1 Å². The van der Waals surface area contributed by atoms with Crippen molar-refractivity contribution in [1.82, 2.24) is 10.5 Å². The molecule has 1 aromatic heterocycles. The molecule has 26 heavy (non-hydrogen) atoms. The number of anilines is 1. The molecule has 0 fully saturated rings. The van der Waals surface area contributed by atoms with E-state index >= 15 is 0 Å². The van der Waals surface area contributed by atoms with Gasteiger partial charge in [0, 0.05) is 11.1 Å². The number of aromatic nitrogens is 1. The van der Waals surface area contributed by atoms with Gasteiger partial charge in [0.1, 0.15) is 5.76 Å². The lowest BCUT2D eigenvalue weighted by molar-refractivity contribution is 0.0582. The lowest BCUT2D eigenvalue weighted by atomic mass is 10.1. The maximum atomic E-state index is 14.6. The fraction of sp³-hybridized carbons (Fsp3) is 0.125. The van der Waals surface area contributed by atoms with Gasteiger partial charge in [-0.15, -0.1) is 0 Å². The van der Waals surface area contributed by atoms with Crippen LogP contribution in [0.5, 0.6) is 5.75 Å². The second-order valence-corrected chi connectivity index (χ2v) is 5.96. The number of allylic oxidation sites excluding steroid dienone is 1. The van der Waals surface area contributed by atoms with E-state index in [0.29, 0.717) is 0 Å². The molecule has 0 aliphatic rings. The summed E-state index contributed by atoms with van der Waals surface area (Å²) in [5.41, 5.74) is 8.92. The van der Waals surface area contributed by atoms with Crippen LogP contribution in [0.4, 0.5) is 10.1 Å². The molecule has 0 saturated carbocycles. The van der Waals surface area contributed by atoms with Crippen molar-refractivity contribution in [2.45, 2.75) is 6.92 Å². The first-order chi connectivity index (χ1) is 12.3. The highest BCUT2D eigenvalue weighted by molar-refractivity contribution is 6.36. The van der Waals surface area contributed by atoms with Gasteiger partial charge in [-0.3, -0.25) is 4.79 Å². The van der Waals surface area contributed by atoms with Crippen molar-refractivity contribution in [2.75, 3.05) is 12.8 Å². The van der Waals surface area contributed by atoms with E-state index in [9.17, 15) is 9.18 Å². The van der Waals surface area contributed by atoms with Crippen molar-refractivity contribution in [3.05, 3.63) is 51.0 Å². The molecule has 0 radical (unpaired) electrons. The first-order valence-electron chi connectivity index (χ1n) is 7.02. The Hall–Kier alpha value is -2.22. The number of nitrogens with one attached hydrogen (secondary N) is 1. The van der Waals surface area contributed by atoms with Gasteiger partial charge in [0.15, 0.2) is 17.3 Å². The maximum Gasteiger partial charge on any atom is 0.304 e. The number of halogens is 4. The quantitative estimate of drug-likeness (QED) is 0.547. The highest BCUT2D eigenvalue weighted by Crippen LogP contribution is 2.36.